The molecule has 0 bridgehead atoms. The second-order valence-corrected chi connectivity index (χ2v) is 4.91. The smallest absolute Gasteiger partial charge is 0.119 e. The minimum Gasteiger partial charge on any atom is -0.497 e. The molecule has 1 saturated heterocycles. The van der Waals surface area contributed by atoms with Crippen LogP contribution in [-0.2, 0) is 6.42 Å². The SMILES string of the molecule is COc1ccc2c(CC3CCNC3)nccc2c1. The summed E-state index contributed by atoms with van der Waals surface area (Å²) in [6.45, 7) is 2.26. The summed E-state index contributed by atoms with van der Waals surface area (Å²) < 4.78 is 5.27. The summed E-state index contributed by atoms with van der Waals surface area (Å²) in [5, 5.41) is 5.88. The van der Waals surface area contributed by atoms with E-state index in [9.17, 15) is 0 Å². The molecule has 0 saturated carbocycles. The quantitative estimate of drug-likeness (QED) is 0.897. The standard InChI is InChI=1S/C15H18N2O/c1-18-13-2-3-14-12(9-13)5-7-17-15(14)8-11-4-6-16-10-11/h2-3,5,7,9,11,16H,4,6,8,10H2,1H3. The fourth-order valence-corrected chi connectivity index (χ4v) is 2.67. The van der Waals surface area contributed by atoms with E-state index in [2.05, 4.69) is 22.4 Å². The van der Waals surface area contributed by atoms with Crippen molar-refractivity contribution in [2.75, 3.05) is 20.2 Å². The van der Waals surface area contributed by atoms with Crippen LogP contribution in [0.3, 0.4) is 0 Å². The Bertz CT molecular complexity index is 547. The zero-order valence-electron chi connectivity index (χ0n) is 10.6. The second-order valence-electron chi connectivity index (χ2n) is 4.91. The Morgan fingerprint density at radius 3 is 3.11 bits per heavy atom. The minimum atomic E-state index is 0.727. The van der Waals surface area contributed by atoms with Crippen molar-refractivity contribution < 1.29 is 4.74 Å². The number of fused-ring (bicyclic) bond motifs is 1. The van der Waals surface area contributed by atoms with Crippen LogP contribution in [0.25, 0.3) is 10.8 Å². The first-order valence-corrected chi connectivity index (χ1v) is 6.49. The molecule has 1 aliphatic rings. The molecule has 94 valence electrons. The number of benzene rings is 1. The van der Waals surface area contributed by atoms with E-state index in [1.807, 2.05) is 18.3 Å². The van der Waals surface area contributed by atoms with Crippen molar-refractivity contribution in [1.82, 2.24) is 10.3 Å². The number of hydrogen-bond donors (Lipinski definition) is 1. The molecule has 1 N–H and O–H groups in total. The molecule has 3 rings (SSSR count). The molecule has 1 unspecified atom stereocenters. The topological polar surface area (TPSA) is 34.1 Å². The van der Waals surface area contributed by atoms with E-state index in [-0.39, 0.29) is 0 Å². The Labute approximate surface area is 107 Å². The highest BCUT2D eigenvalue weighted by Crippen LogP contribution is 2.25. The van der Waals surface area contributed by atoms with Gasteiger partial charge in [-0.15, -0.1) is 0 Å². The molecule has 1 aromatic heterocycles. The maximum Gasteiger partial charge on any atom is 0.119 e. The van der Waals surface area contributed by atoms with E-state index in [4.69, 9.17) is 4.74 Å². The largest absolute Gasteiger partial charge is 0.497 e. The third-order valence-corrected chi connectivity index (χ3v) is 3.70. The van der Waals surface area contributed by atoms with E-state index in [0.29, 0.717) is 0 Å². The number of nitrogens with one attached hydrogen (secondary N) is 1. The molecule has 18 heavy (non-hydrogen) atoms. The zero-order valence-corrected chi connectivity index (χ0v) is 10.6. The molecule has 0 spiro atoms. The summed E-state index contributed by atoms with van der Waals surface area (Å²) >= 11 is 0. The third kappa shape index (κ3) is 2.18. The fourth-order valence-electron chi connectivity index (χ4n) is 2.67. The lowest BCUT2D eigenvalue weighted by molar-refractivity contribution is 0.415. The lowest BCUT2D eigenvalue weighted by Gasteiger charge is -2.10. The van der Waals surface area contributed by atoms with Gasteiger partial charge in [-0.25, -0.2) is 0 Å². The van der Waals surface area contributed by atoms with Crippen LogP contribution in [0.1, 0.15) is 12.1 Å². The molecular weight excluding hydrogens is 224 g/mol. The van der Waals surface area contributed by atoms with Crippen LogP contribution in [0.5, 0.6) is 5.75 Å². The van der Waals surface area contributed by atoms with Gasteiger partial charge in [0.2, 0.25) is 0 Å². The number of aromatic nitrogens is 1. The number of methoxy groups -OCH3 is 1. The summed E-state index contributed by atoms with van der Waals surface area (Å²) in [7, 11) is 1.70. The van der Waals surface area contributed by atoms with Gasteiger partial charge in [-0.05, 0) is 61.5 Å². The second kappa shape index (κ2) is 4.94. The number of pyridine rings is 1. The molecule has 3 heteroatoms. The summed E-state index contributed by atoms with van der Waals surface area (Å²) in [4.78, 5) is 4.56. The van der Waals surface area contributed by atoms with Crippen LogP contribution in [-0.4, -0.2) is 25.2 Å². The average Bonchev–Trinajstić information content (AvgIpc) is 2.91. The maximum atomic E-state index is 5.27. The Morgan fingerprint density at radius 2 is 2.33 bits per heavy atom. The Morgan fingerprint density at radius 1 is 1.39 bits per heavy atom. The van der Waals surface area contributed by atoms with Crippen molar-refractivity contribution in [2.24, 2.45) is 5.92 Å². The number of rotatable bonds is 3. The van der Waals surface area contributed by atoms with Crippen molar-refractivity contribution in [3.05, 3.63) is 36.2 Å². The first kappa shape index (κ1) is 11.5. The van der Waals surface area contributed by atoms with E-state index >= 15 is 0 Å². The van der Waals surface area contributed by atoms with E-state index in [1.54, 1.807) is 7.11 Å². The molecule has 1 aromatic carbocycles. The van der Waals surface area contributed by atoms with Crippen LogP contribution < -0.4 is 10.1 Å². The molecule has 0 radical (unpaired) electrons. The molecular formula is C15H18N2O. The van der Waals surface area contributed by atoms with Gasteiger partial charge in [0, 0.05) is 17.3 Å². The lowest BCUT2D eigenvalue weighted by atomic mass is 9.98. The van der Waals surface area contributed by atoms with Crippen molar-refractivity contribution >= 4 is 10.8 Å². The van der Waals surface area contributed by atoms with Gasteiger partial charge in [0.05, 0.1) is 7.11 Å². The minimum absolute atomic E-state index is 0.727. The predicted octanol–water partition coefficient (Wildman–Crippen LogP) is 2.40. The monoisotopic (exact) mass is 242 g/mol. The zero-order chi connectivity index (χ0) is 12.4. The van der Waals surface area contributed by atoms with Crippen LogP contribution in [0.2, 0.25) is 0 Å². The van der Waals surface area contributed by atoms with Crippen LogP contribution >= 0.6 is 0 Å². The third-order valence-electron chi connectivity index (χ3n) is 3.70. The van der Waals surface area contributed by atoms with Gasteiger partial charge in [0.25, 0.3) is 0 Å². The molecule has 0 aliphatic carbocycles. The van der Waals surface area contributed by atoms with E-state index in [1.165, 1.54) is 22.9 Å². The maximum absolute atomic E-state index is 5.27. The van der Waals surface area contributed by atoms with Crippen molar-refractivity contribution in [2.45, 2.75) is 12.8 Å². The van der Waals surface area contributed by atoms with E-state index < -0.39 is 0 Å². The summed E-state index contributed by atoms with van der Waals surface area (Å²) in [6, 6.07) is 8.26. The lowest BCUT2D eigenvalue weighted by Crippen LogP contribution is -2.11. The van der Waals surface area contributed by atoms with Crippen LogP contribution in [0.15, 0.2) is 30.5 Å². The summed E-state index contributed by atoms with van der Waals surface area (Å²) in [5.41, 5.74) is 1.21. The molecule has 2 aromatic rings. The molecule has 1 fully saturated rings. The van der Waals surface area contributed by atoms with Crippen molar-refractivity contribution in [3.63, 3.8) is 0 Å². The number of hydrogen-bond acceptors (Lipinski definition) is 3. The van der Waals surface area contributed by atoms with Gasteiger partial charge in [0.15, 0.2) is 0 Å². The molecule has 2 heterocycles. The van der Waals surface area contributed by atoms with Gasteiger partial charge in [-0.2, -0.15) is 0 Å². The summed E-state index contributed by atoms with van der Waals surface area (Å²) in [5.74, 6) is 1.63. The predicted molar refractivity (Wildman–Crippen MR) is 73.0 cm³/mol. The summed E-state index contributed by atoms with van der Waals surface area (Å²) in [6.07, 6.45) is 4.23. The molecule has 1 aliphatic heterocycles. The van der Waals surface area contributed by atoms with E-state index in [0.717, 1.165) is 31.2 Å². The average molecular weight is 242 g/mol. The Kier molecular flexibility index (Phi) is 3.15. The first-order chi connectivity index (χ1) is 8.86. The molecule has 1 atom stereocenters. The molecule has 0 amide bonds. The Hall–Kier alpha value is -1.61. The molecule has 3 nitrogen and oxygen atoms in total. The van der Waals surface area contributed by atoms with Crippen molar-refractivity contribution in [1.29, 1.82) is 0 Å². The number of nitrogens with zero attached hydrogens (tertiary/aromatic N) is 1. The van der Waals surface area contributed by atoms with Gasteiger partial charge >= 0.3 is 0 Å². The highest BCUT2D eigenvalue weighted by molar-refractivity contribution is 5.85. The van der Waals surface area contributed by atoms with Gasteiger partial charge < -0.3 is 10.1 Å². The van der Waals surface area contributed by atoms with Gasteiger partial charge in [-0.3, -0.25) is 4.98 Å². The Balaban J connectivity index is 1.95. The van der Waals surface area contributed by atoms with Crippen LogP contribution in [0.4, 0.5) is 0 Å². The van der Waals surface area contributed by atoms with Gasteiger partial charge in [0.1, 0.15) is 5.75 Å². The first-order valence-electron chi connectivity index (χ1n) is 6.49. The van der Waals surface area contributed by atoms with Gasteiger partial charge in [-0.1, -0.05) is 0 Å². The highest BCUT2D eigenvalue weighted by Gasteiger charge is 2.16. The fraction of sp³-hybridized carbons (Fsp3) is 0.400. The van der Waals surface area contributed by atoms with Crippen LogP contribution in [0, 0.1) is 5.92 Å². The normalized spacial score (nSPS) is 19.3. The van der Waals surface area contributed by atoms with Crippen molar-refractivity contribution in [3.8, 4) is 5.75 Å². The highest BCUT2D eigenvalue weighted by atomic mass is 16.5. The number of ether oxygens (including phenoxy) is 1.